The van der Waals surface area contributed by atoms with Crippen LogP contribution >= 0.6 is 11.3 Å². The molecule has 1 aromatic carbocycles. The molecule has 0 aliphatic rings. The second-order valence-corrected chi connectivity index (χ2v) is 4.48. The highest BCUT2D eigenvalue weighted by atomic mass is 32.1. The number of hydrogen-bond acceptors (Lipinski definition) is 4. The van der Waals surface area contributed by atoms with Crippen LogP contribution in [0.4, 0.5) is 5.69 Å². The first-order chi connectivity index (χ1) is 8.70. The summed E-state index contributed by atoms with van der Waals surface area (Å²) in [5, 5.41) is 4.52. The first-order valence-corrected chi connectivity index (χ1v) is 6.58. The van der Waals surface area contributed by atoms with Crippen molar-refractivity contribution in [3.05, 3.63) is 40.3 Å². The van der Waals surface area contributed by atoms with E-state index in [-0.39, 0.29) is 5.91 Å². The van der Waals surface area contributed by atoms with Crippen LogP contribution < -0.4 is 10.1 Å². The largest absolute Gasteiger partial charge is 0.492 e. The molecule has 0 atom stereocenters. The van der Waals surface area contributed by atoms with E-state index in [1.807, 2.05) is 32.0 Å². The van der Waals surface area contributed by atoms with E-state index >= 15 is 0 Å². The lowest BCUT2D eigenvalue weighted by atomic mass is 10.2. The highest BCUT2D eigenvalue weighted by molar-refractivity contribution is 7.07. The zero-order chi connectivity index (χ0) is 13.0. The van der Waals surface area contributed by atoms with Crippen molar-refractivity contribution in [2.45, 2.75) is 13.8 Å². The van der Waals surface area contributed by atoms with Gasteiger partial charge in [-0.2, -0.15) is 0 Å². The maximum atomic E-state index is 11.9. The summed E-state index contributed by atoms with van der Waals surface area (Å²) >= 11 is 1.39. The van der Waals surface area contributed by atoms with Gasteiger partial charge in [-0.3, -0.25) is 4.79 Å². The van der Waals surface area contributed by atoms with Gasteiger partial charge in [-0.15, -0.1) is 11.3 Å². The van der Waals surface area contributed by atoms with Crippen LogP contribution in [-0.4, -0.2) is 17.5 Å². The number of hydrogen-bond donors (Lipinski definition) is 1. The predicted octanol–water partition coefficient (Wildman–Crippen LogP) is 3.10. The molecule has 2 rings (SSSR count). The van der Waals surface area contributed by atoms with Crippen LogP contribution in [0.3, 0.4) is 0 Å². The van der Waals surface area contributed by atoms with Crippen molar-refractivity contribution < 1.29 is 9.53 Å². The smallest absolute Gasteiger partial charge is 0.275 e. The van der Waals surface area contributed by atoms with Gasteiger partial charge in [0.05, 0.1) is 17.8 Å². The lowest BCUT2D eigenvalue weighted by Crippen LogP contribution is -2.13. The average molecular weight is 262 g/mol. The number of nitrogens with one attached hydrogen (secondary N) is 1. The summed E-state index contributed by atoms with van der Waals surface area (Å²) < 4.78 is 5.50. The van der Waals surface area contributed by atoms with Gasteiger partial charge in [0.15, 0.2) is 0 Å². The van der Waals surface area contributed by atoms with E-state index in [1.54, 1.807) is 10.9 Å². The average Bonchev–Trinajstić information content (AvgIpc) is 2.86. The molecule has 1 aromatic heterocycles. The molecule has 0 saturated carbocycles. The molecule has 94 valence electrons. The number of carbonyl (C=O) groups is 1. The monoisotopic (exact) mass is 262 g/mol. The van der Waals surface area contributed by atoms with E-state index in [0.717, 1.165) is 5.56 Å². The molecule has 0 aliphatic carbocycles. The van der Waals surface area contributed by atoms with E-state index in [1.165, 1.54) is 11.3 Å². The van der Waals surface area contributed by atoms with Gasteiger partial charge in [0, 0.05) is 5.38 Å². The van der Waals surface area contributed by atoms with Gasteiger partial charge in [-0.05, 0) is 31.5 Å². The Hall–Kier alpha value is -1.88. The zero-order valence-corrected chi connectivity index (χ0v) is 11.1. The third kappa shape index (κ3) is 2.87. The normalized spacial score (nSPS) is 10.1. The lowest BCUT2D eigenvalue weighted by molar-refractivity contribution is 0.102. The fourth-order valence-electron chi connectivity index (χ4n) is 1.52. The molecule has 1 heterocycles. The van der Waals surface area contributed by atoms with E-state index in [2.05, 4.69) is 10.3 Å². The van der Waals surface area contributed by atoms with Gasteiger partial charge in [0.2, 0.25) is 0 Å². The van der Waals surface area contributed by atoms with Crippen LogP contribution in [0, 0.1) is 6.92 Å². The third-order valence-corrected chi connectivity index (χ3v) is 2.94. The topological polar surface area (TPSA) is 51.2 Å². The summed E-state index contributed by atoms with van der Waals surface area (Å²) in [6.45, 7) is 4.45. The second kappa shape index (κ2) is 5.64. The third-order valence-electron chi connectivity index (χ3n) is 2.35. The molecule has 0 saturated heterocycles. The Bertz CT molecular complexity index is 538. The van der Waals surface area contributed by atoms with Gasteiger partial charge in [-0.1, -0.05) is 6.07 Å². The van der Waals surface area contributed by atoms with Gasteiger partial charge >= 0.3 is 0 Å². The molecule has 5 heteroatoms. The fourth-order valence-corrected chi connectivity index (χ4v) is 2.05. The number of aromatic nitrogens is 1. The second-order valence-electron chi connectivity index (χ2n) is 3.76. The van der Waals surface area contributed by atoms with Crippen molar-refractivity contribution in [2.75, 3.05) is 11.9 Å². The SMILES string of the molecule is CCOc1cc(C)ccc1NC(=O)c1cscn1. The first-order valence-electron chi connectivity index (χ1n) is 5.63. The lowest BCUT2D eigenvalue weighted by Gasteiger charge is -2.11. The van der Waals surface area contributed by atoms with Crippen molar-refractivity contribution in [3.63, 3.8) is 0 Å². The quantitative estimate of drug-likeness (QED) is 0.921. The molecule has 0 radical (unpaired) electrons. The molecule has 0 spiro atoms. The Morgan fingerprint density at radius 2 is 2.33 bits per heavy atom. The maximum absolute atomic E-state index is 11.9. The molecular weight excluding hydrogens is 248 g/mol. The van der Waals surface area contributed by atoms with Crippen molar-refractivity contribution in [3.8, 4) is 5.75 Å². The van der Waals surface area contributed by atoms with Crippen LogP contribution in [0.2, 0.25) is 0 Å². The summed E-state index contributed by atoms with van der Waals surface area (Å²) in [6.07, 6.45) is 0. The fraction of sp³-hybridized carbons (Fsp3) is 0.231. The molecular formula is C13H14N2O2S. The summed E-state index contributed by atoms with van der Waals surface area (Å²) in [5.41, 5.74) is 3.81. The molecule has 0 aliphatic heterocycles. The summed E-state index contributed by atoms with van der Waals surface area (Å²) in [7, 11) is 0. The van der Waals surface area contributed by atoms with Crippen LogP contribution in [0.1, 0.15) is 23.0 Å². The number of ether oxygens (including phenoxy) is 1. The summed E-state index contributed by atoms with van der Waals surface area (Å²) in [5.74, 6) is 0.460. The summed E-state index contributed by atoms with van der Waals surface area (Å²) in [6, 6.07) is 5.67. The minimum Gasteiger partial charge on any atom is -0.492 e. The van der Waals surface area contributed by atoms with Gasteiger partial charge in [0.25, 0.3) is 5.91 Å². The number of aryl methyl sites for hydroxylation is 1. The molecule has 2 aromatic rings. The van der Waals surface area contributed by atoms with Crippen molar-refractivity contribution in [2.24, 2.45) is 0 Å². The first kappa shape index (κ1) is 12.6. The molecule has 4 nitrogen and oxygen atoms in total. The number of carbonyl (C=O) groups excluding carboxylic acids is 1. The predicted molar refractivity (Wildman–Crippen MR) is 72.4 cm³/mol. The van der Waals surface area contributed by atoms with Crippen LogP contribution in [0.25, 0.3) is 0 Å². The van der Waals surface area contributed by atoms with Crippen LogP contribution in [0.5, 0.6) is 5.75 Å². The Labute approximate surface area is 110 Å². The minimum atomic E-state index is -0.221. The number of anilines is 1. The standard InChI is InChI=1S/C13H14N2O2S/c1-3-17-12-6-9(2)4-5-10(12)15-13(16)11-7-18-8-14-11/h4-8H,3H2,1-2H3,(H,15,16). The number of thiazole rings is 1. The highest BCUT2D eigenvalue weighted by Crippen LogP contribution is 2.26. The van der Waals surface area contributed by atoms with E-state index < -0.39 is 0 Å². The van der Waals surface area contributed by atoms with Crippen LogP contribution in [0.15, 0.2) is 29.1 Å². The van der Waals surface area contributed by atoms with Crippen molar-refractivity contribution in [1.82, 2.24) is 4.98 Å². The molecule has 0 fully saturated rings. The van der Waals surface area contributed by atoms with Gasteiger partial charge in [0.1, 0.15) is 11.4 Å². The number of nitrogens with zero attached hydrogens (tertiary/aromatic N) is 1. The molecule has 1 N–H and O–H groups in total. The number of rotatable bonds is 4. The van der Waals surface area contributed by atoms with Crippen molar-refractivity contribution >= 4 is 22.9 Å². The molecule has 1 amide bonds. The zero-order valence-electron chi connectivity index (χ0n) is 10.3. The highest BCUT2D eigenvalue weighted by Gasteiger charge is 2.11. The minimum absolute atomic E-state index is 0.221. The van der Waals surface area contributed by atoms with Gasteiger partial charge in [-0.25, -0.2) is 4.98 Å². The number of benzene rings is 1. The van der Waals surface area contributed by atoms with E-state index in [4.69, 9.17) is 4.74 Å². The molecule has 18 heavy (non-hydrogen) atoms. The molecule has 0 bridgehead atoms. The molecule has 0 unspecified atom stereocenters. The summed E-state index contributed by atoms with van der Waals surface area (Å²) in [4.78, 5) is 15.9. The number of amides is 1. The Morgan fingerprint density at radius 1 is 1.50 bits per heavy atom. The van der Waals surface area contributed by atoms with E-state index in [9.17, 15) is 4.79 Å². The van der Waals surface area contributed by atoms with E-state index in [0.29, 0.717) is 23.7 Å². The van der Waals surface area contributed by atoms with Crippen molar-refractivity contribution in [1.29, 1.82) is 0 Å². The Morgan fingerprint density at radius 3 is 3.00 bits per heavy atom. The Kier molecular flexibility index (Phi) is 3.94. The van der Waals surface area contributed by atoms with Crippen LogP contribution in [-0.2, 0) is 0 Å². The Balaban J connectivity index is 2.20. The van der Waals surface area contributed by atoms with Gasteiger partial charge < -0.3 is 10.1 Å². The maximum Gasteiger partial charge on any atom is 0.275 e.